The Kier molecular flexibility index (Phi) is 2.94. The molecule has 1 aromatic heterocycles. The summed E-state index contributed by atoms with van der Waals surface area (Å²) in [5.41, 5.74) is 0.436. The highest BCUT2D eigenvalue weighted by Gasteiger charge is 2.37. The van der Waals surface area contributed by atoms with Crippen molar-refractivity contribution in [2.75, 3.05) is 6.54 Å². The van der Waals surface area contributed by atoms with Crippen LogP contribution in [0.25, 0.3) is 0 Å². The number of nitrogens with zero attached hydrogens (tertiary/aromatic N) is 1. The number of fused-ring (bicyclic) bond motifs is 1. The van der Waals surface area contributed by atoms with E-state index in [2.05, 4.69) is 4.98 Å². The number of H-pyrrole nitrogens is 1. The van der Waals surface area contributed by atoms with Crippen LogP contribution in [0.15, 0.2) is 23.1 Å². The van der Waals surface area contributed by atoms with Gasteiger partial charge in [0.15, 0.2) is 0 Å². The van der Waals surface area contributed by atoms with E-state index in [9.17, 15) is 9.59 Å². The molecule has 2 fully saturated rings. The summed E-state index contributed by atoms with van der Waals surface area (Å²) in [6, 6.07) is 3.47. The number of nitrogens with one attached hydrogen (secondary N) is 1. The molecule has 0 aromatic carbocycles. The van der Waals surface area contributed by atoms with Gasteiger partial charge in [-0.2, -0.15) is 0 Å². The molecule has 2 heterocycles. The number of rotatable bonds is 1. The standard InChI is InChI=1S/C14H18N2O2/c17-13-7-6-11(9-15-13)14(18)16-8-2-4-10-3-1-5-12(10)16/h6-7,9-10,12H,1-5,8H2,(H,15,17). The van der Waals surface area contributed by atoms with Crippen molar-refractivity contribution in [1.29, 1.82) is 0 Å². The lowest BCUT2D eigenvalue weighted by atomic mass is 9.91. The third kappa shape index (κ3) is 1.96. The van der Waals surface area contributed by atoms with Gasteiger partial charge in [0.2, 0.25) is 5.56 Å². The van der Waals surface area contributed by atoms with Gasteiger partial charge in [0.05, 0.1) is 5.56 Å². The number of hydrogen-bond acceptors (Lipinski definition) is 2. The summed E-state index contributed by atoms with van der Waals surface area (Å²) in [6.07, 6.45) is 7.55. The summed E-state index contributed by atoms with van der Waals surface area (Å²) in [6.45, 7) is 0.860. The van der Waals surface area contributed by atoms with Crippen molar-refractivity contribution >= 4 is 5.91 Å². The Hall–Kier alpha value is -1.58. The molecular weight excluding hydrogens is 228 g/mol. The largest absolute Gasteiger partial charge is 0.335 e. The van der Waals surface area contributed by atoms with Crippen LogP contribution in [0, 0.1) is 5.92 Å². The molecule has 4 nitrogen and oxygen atoms in total. The third-order valence-corrected chi connectivity index (χ3v) is 4.29. The third-order valence-electron chi connectivity index (χ3n) is 4.29. The molecule has 2 atom stereocenters. The first-order chi connectivity index (χ1) is 8.75. The van der Waals surface area contributed by atoms with Crippen molar-refractivity contribution in [3.05, 3.63) is 34.2 Å². The molecule has 0 spiro atoms. The lowest BCUT2D eigenvalue weighted by molar-refractivity contribution is 0.0548. The number of carbonyl (C=O) groups is 1. The molecule has 1 saturated heterocycles. The van der Waals surface area contributed by atoms with Gasteiger partial charge in [-0.3, -0.25) is 9.59 Å². The predicted octanol–water partition coefficient (Wildman–Crippen LogP) is 1.78. The van der Waals surface area contributed by atoms with E-state index in [0.29, 0.717) is 17.5 Å². The zero-order valence-corrected chi connectivity index (χ0v) is 10.4. The molecule has 2 aliphatic rings. The van der Waals surface area contributed by atoms with Crippen LogP contribution in [0.1, 0.15) is 42.5 Å². The number of aromatic amines is 1. The lowest BCUT2D eigenvalue weighted by Gasteiger charge is -2.37. The van der Waals surface area contributed by atoms with Gasteiger partial charge in [-0.1, -0.05) is 6.42 Å². The van der Waals surface area contributed by atoms with Crippen LogP contribution in [-0.2, 0) is 0 Å². The summed E-state index contributed by atoms with van der Waals surface area (Å²) in [7, 11) is 0. The quantitative estimate of drug-likeness (QED) is 0.821. The summed E-state index contributed by atoms with van der Waals surface area (Å²) in [5.74, 6) is 0.772. The van der Waals surface area contributed by atoms with E-state index in [1.165, 1.54) is 31.5 Å². The number of likely N-dealkylation sites (tertiary alicyclic amines) is 1. The molecule has 4 heteroatoms. The molecule has 1 N–H and O–H groups in total. The highest BCUT2D eigenvalue weighted by molar-refractivity contribution is 5.94. The van der Waals surface area contributed by atoms with E-state index in [4.69, 9.17) is 0 Å². The van der Waals surface area contributed by atoms with Crippen molar-refractivity contribution in [2.45, 2.75) is 38.1 Å². The predicted molar refractivity (Wildman–Crippen MR) is 68.5 cm³/mol. The topological polar surface area (TPSA) is 53.2 Å². The van der Waals surface area contributed by atoms with E-state index in [0.717, 1.165) is 19.4 Å². The van der Waals surface area contributed by atoms with Crippen LogP contribution in [-0.4, -0.2) is 28.4 Å². The molecule has 1 aliphatic carbocycles. The number of amides is 1. The van der Waals surface area contributed by atoms with Gasteiger partial charge in [-0.15, -0.1) is 0 Å². The van der Waals surface area contributed by atoms with Crippen LogP contribution >= 0.6 is 0 Å². The van der Waals surface area contributed by atoms with E-state index >= 15 is 0 Å². The highest BCUT2D eigenvalue weighted by Crippen LogP contribution is 2.37. The number of hydrogen-bond donors (Lipinski definition) is 1. The fourth-order valence-electron chi connectivity index (χ4n) is 3.42. The minimum absolute atomic E-state index is 0.0721. The fraction of sp³-hybridized carbons (Fsp3) is 0.571. The molecule has 3 rings (SSSR count). The van der Waals surface area contributed by atoms with Crippen LogP contribution < -0.4 is 5.56 Å². The molecule has 96 valence electrons. The van der Waals surface area contributed by atoms with Gasteiger partial charge < -0.3 is 9.88 Å². The first-order valence-electron chi connectivity index (χ1n) is 6.75. The fourth-order valence-corrected chi connectivity index (χ4v) is 3.42. The molecule has 1 amide bonds. The van der Waals surface area contributed by atoms with Gasteiger partial charge in [0.1, 0.15) is 0 Å². The number of aromatic nitrogens is 1. The SMILES string of the molecule is O=C(c1ccc(=O)[nH]c1)N1CCCC2CCCC21. The Morgan fingerprint density at radius 2 is 2.06 bits per heavy atom. The Bertz CT molecular complexity index is 488. The Morgan fingerprint density at radius 3 is 2.83 bits per heavy atom. The zero-order valence-electron chi connectivity index (χ0n) is 10.4. The maximum absolute atomic E-state index is 12.5. The Morgan fingerprint density at radius 1 is 1.22 bits per heavy atom. The second-order valence-corrected chi connectivity index (χ2v) is 5.34. The second-order valence-electron chi connectivity index (χ2n) is 5.34. The summed E-state index contributed by atoms with van der Waals surface area (Å²) in [4.78, 5) is 28.1. The van der Waals surface area contributed by atoms with Crippen LogP contribution in [0.2, 0.25) is 0 Å². The van der Waals surface area contributed by atoms with Gasteiger partial charge in [-0.25, -0.2) is 0 Å². The zero-order chi connectivity index (χ0) is 12.5. The van der Waals surface area contributed by atoms with E-state index in [1.54, 1.807) is 6.07 Å². The van der Waals surface area contributed by atoms with E-state index in [-0.39, 0.29) is 11.5 Å². The van der Waals surface area contributed by atoms with Crippen molar-refractivity contribution in [3.63, 3.8) is 0 Å². The maximum Gasteiger partial charge on any atom is 0.255 e. The normalized spacial score (nSPS) is 27.0. The number of pyridine rings is 1. The summed E-state index contributed by atoms with van der Waals surface area (Å²) < 4.78 is 0. The lowest BCUT2D eigenvalue weighted by Crippen LogP contribution is -2.46. The number of piperidine rings is 1. The van der Waals surface area contributed by atoms with E-state index < -0.39 is 0 Å². The molecule has 2 unspecified atom stereocenters. The first-order valence-corrected chi connectivity index (χ1v) is 6.75. The smallest absolute Gasteiger partial charge is 0.255 e. The van der Waals surface area contributed by atoms with Gasteiger partial charge in [-0.05, 0) is 37.7 Å². The average molecular weight is 246 g/mol. The van der Waals surface area contributed by atoms with Crippen LogP contribution in [0.5, 0.6) is 0 Å². The van der Waals surface area contributed by atoms with Crippen molar-refractivity contribution in [2.24, 2.45) is 5.92 Å². The van der Waals surface area contributed by atoms with Gasteiger partial charge in [0.25, 0.3) is 5.91 Å². The maximum atomic E-state index is 12.5. The van der Waals surface area contributed by atoms with Crippen molar-refractivity contribution in [1.82, 2.24) is 9.88 Å². The molecule has 18 heavy (non-hydrogen) atoms. The van der Waals surface area contributed by atoms with Crippen molar-refractivity contribution < 1.29 is 4.79 Å². The second kappa shape index (κ2) is 4.59. The molecular formula is C14H18N2O2. The monoisotopic (exact) mass is 246 g/mol. The van der Waals surface area contributed by atoms with Crippen LogP contribution in [0.3, 0.4) is 0 Å². The van der Waals surface area contributed by atoms with Gasteiger partial charge in [0, 0.05) is 24.8 Å². The minimum Gasteiger partial charge on any atom is -0.335 e. The Balaban J connectivity index is 1.83. The van der Waals surface area contributed by atoms with E-state index in [1.807, 2.05) is 4.90 Å². The Labute approximate surface area is 106 Å². The molecule has 1 aromatic rings. The first kappa shape index (κ1) is 11.5. The van der Waals surface area contributed by atoms with Crippen molar-refractivity contribution in [3.8, 4) is 0 Å². The van der Waals surface area contributed by atoms with Crippen LogP contribution in [0.4, 0.5) is 0 Å². The minimum atomic E-state index is -0.163. The summed E-state index contributed by atoms with van der Waals surface area (Å²) >= 11 is 0. The average Bonchev–Trinajstić information content (AvgIpc) is 2.87. The highest BCUT2D eigenvalue weighted by atomic mass is 16.2. The molecule has 1 aliphatic heterocycles. The van der Waals surface area contributed by atoms with Gasteiger partial charge >= 0.3 is 0 Å². The molecule has 1 saturated carbocycles. The number of carbonyl (C=O) groups excluding carboxylic acids is 1. The summed E-state index contributed by atoms with van der Waals surface area (Å²) in [5, 5.41) is 0. The molecule has 0 bridgehead atoms. The molecule has 0 radical (unpaired) electrons.